The Balaban J connectivity index is 1.62. The molecular weight excluding hydrogens is 297 g/mol. The summed E-state index contributed by atoms with van der Waals surface area (Å²) in [5.41, 5.74) is 1.93. The van der Waals surface area contributed by atoms with Crippen molar-refractivity contribution in [2.24, 2.45) is 0 Å². The molecule has 2 rings (SSSR count). The Bertz CT molecular complexity index is 624. The SMILES string of the molecule is O=C(NCCCCNCc1cccc2nccn12)C(F)(F)F. The quantitative estimate of drug-likeness (QED) is 0.767. The van der Waals surface area contributed by atoms with Gasteiger partial charge in [0.2, 0.25) is 0 Å². The third-order valence-corrected chi connectivity index (χ3v) is 3.14. The highest BCUT2D eigenvalue weighted by Crippen LogP contribution is 2.13. The maximum Gasteiger partial charge on any atom is 0.471 e. The monoisotopic (exact) mass is 314 g/mol. The summed E-state index contributed by atoms with van der Waals surface area (Å²) < 4.78 is 37.8. The standard InChI is InChI=1S/C14H17F3N4O/c15-14(16,17)13(22)20-7-2-1-6-18-10-11-4-3-5-12-19-8-9-21(11)12/h3-5,8-9,18H,1-2,6-7,10H2,(H,20,22). The molecule has 2 heterocycles. The van der Waals surface area contributed by atoms with Crippen LogP contribution in [0.4, 0.5) is 13.2 Å². The van der Waals surface area contributed by atoms with Gasteiger partial charge in [0.15, 0.2) is 0 Å². The van der Waals surface area contributed by atoms with Crippen LogP contribution in [0.2, 0.25) is 0 Å². The molecule has 0 aliphatic carbocycles. The number of alkyl halides is 3. The van der Waals surface area contributed by atoms with Crippen molar-refractivity contribution in [3.63, 3.8) is 0 Å². The Kier molecular flexibility index (Phi) is 5.37. The Morgan fingerprint density at radius 3 is 2.77 bits per heavy atom. The van der Waals surface area contributed by atoms with Crippen molar-refractivity contribution in [3.05, 3.63) is 36.3 Å². The van der Waals surface area contributed by atoms with Gasteiger partial charge in [-0.15, -0.1) is 0 Å². The largest absolute Gasteiger partial charge is 0.471 e. The van der Waals surface area contributed by atoms with Gasteiger partial charge in [-0.25, -0.2) is 4.98 Å². The fraction of sp³-hybridized carbons (Fsp3) is 0.429. The minimum absolute atomic E-state index is 0.0249. The summed E-state index contributed by atoms with van der Waals surface area (Å²) in [6.45, 7) is 1.33. The van der Waals surface area contributed by atoms with Gasteiger partial charge in [-0.05, 0) is 31.5 Å². The smallest absolute Gasteiger partial charge is 0.348 e. The van der Waals surface area contributed by atoms with Gasteiger partial charge in [-0.2, -0.15) is 13.2 Å². The Morgan fingerprint density at radius 2 is 2.00 bits per heavy atom. The summed E-state index contributed by atoms with van der Waals surface area (Å²) in [6.07, 6.45) is -0.0367. The van der Waals surface area contributed by atoms with Gasteiger partial charge in [-0.1, -0.05) is 6.07 Å². The maximum atomic E-state index is 11.9. The Morgan fingerprint density at radius 1 is 1.23 bits per heavy atom. The van der Waals surface area contributed by atoms with Crippen LogP contribution in [0.3, 0.4) is 0 Å². The fourth-order valence-electron chi connectivity index (χ4n) is 2.04. The first-order chi connectivity index (χ1) is 10.5. The van der Waals surface area contributed by atoms with E-state index in [1.165, 1.54) is 0 Å². The minimum Gasteiger partial charge on any atom is -0.348 e. The molecule has 0 unspecified atom stereocenters. The molecule has 0 spiro atoms. The number of nitrogens with zero attached hydrogens (tertiary/aromatic N) is 2. The molecular formula is C14H17F3N4O. The van der Waals surface area contributed by atoms with Gasteiger partial charge >= 0.3 is 12.1 Å². The summed E-state index contributed by atoms with van der Waals surface area (Å²) in [5, 5.41) is 5.07. The summed E-state index contributed by atoms with van der Waals surface area (Å²) in [4.78, 5) is 14.8. The van der Waals surface area contributed by atoms with Crippen molar-refractivity contribution in [1.82, 2.24) is 20.0 Å². The lowest BCUT2D eigenvalue weighted by Crippen LogP contribution is -2.37. The van der Waals surface area contributed by atoms with Crippen molar-refractivity contribution in [2.75, 3.05) is 13.1 Å². The second kappa shape index (κ2) is 7.26. The van der Waals surface area contributed by atoms with Gasteiger partial charge in [0.1, 0.15) is 5.65 Å². The van der Waals surface area contributed by atoms with Gasteiger partial charge < -0.3 is 15.0 Å². The van der Waals surface area contributed by atoms with Crippen molar-refractivity contribution < 1.29 is 18.0 Å². The molecule has 5 nitrogen and oxygen atoms in total. The summed E-state index contributed by atoms with van der Waals surface area (Å²) in [7, 11) is 0. The number of hydrogen-bond acceptors (Lipinski definition) is 3. The summed E-state index contributed by atoms with van der Waals surface area (Å²) in [6, 6.07) is 5.81. The second-order valence-corrected chi connectivity index (χ2v) is 4.81. The van der Waals surface area contributed by atoms with Crippen molar-refractivity contribution in [3.8, 4) is 0 Å². The van der Waals surface area contributed by atoms with Crippen LogP contribution in [0.15, 0.2) is 30.6 Å². The molecule has 0 aliphatic rings. The van der Waals surface area contributed by atoms with Gasteiger partial charge in [0.25, 0.3) is 0 Å². The van der Waals surface area contributed by atoms with E-state index in [4.69, 9.17) is 0 Å². The lowest BCUT2D eigenvalue weighted by molar-refractivity contribution is -0.173. The molecule has 120 valence electrons. The molecule has 0 saturated carbocycles. The van der Waals surface area contributed by atoms with Gasteiger partial charge in [0, 0.05) is 31.2 Å². The first-order valence-electron chi connectivity index (χ1n) is 6.95. The van der Waals surface area contributed by atoms with Crippen LogP contribution < -0.4 is 10.6 Å². The van der Waals surface area contributed by atoms with Crippen molar-refractivity contribution in [2.45, 2.75) is 25.6 Å². The van der Waals surface area contributed by atoms with Gasteiger partial charge in [-0.3, -0.25) is 4.79 Å². The van der Waals surface area contributed by atoms with E-state index in [-0.39, 0.29) is 6.54 Å². The first-order valence-corrected chi connectivity index (χ1v) is 6.95. The van der Waals surface area contributed by atoms with Crippen LogP contribution in [-0.4, -0.2) is 34.6 Å². The highest BCUT2D eigenvalue weighted by Gasteiger charge is 2.38. The zero-order chi connectivity index (χ0) is 16.0. The van der Waals surface area contributed by atoms with E-state index in [9.17, 15) is 18.0 Å². The van der Waals surface area contributed by atoms with Gasteiger partial charge in [0.05, 0.1) is 0 Å². The number of pyridine rings is 1. The Hall–Kier alpha value is -2.09. The lowest BCUT2D eigenvalue weighted by Gasteiger charge is -2.09. The van der Waals surface area contributed by atoms with Crippen LogP contribution in [-0.2, 0) is 11.3 Å². The number of aromatic nitrogens is 2. The molecule has 1 amide bonds. The van der Waals surface area contributed by atoms with E-state index in [1.54, 1.807) is 6.20 Å². The van der Waals surface area contributed by atoms with E-state index < -0.39 is 12.1 Å². The number of rotatable bonds is 7. The molecule has 2 N–H and O–H groups in total. The van der Waals surface area contributed by atoms with Crippen molar-refractivity contribution in [1.29, 1.82) is 0 Å². The summed E-state index contributed by atoms with van der Waals surface area (Å²) in [5.74, 6) is -1.88. The van der Waals surface area contributed by atoms with E-state index in [0.717, 1.165) is 11.3 Å². The molecule has 0 radical (unpaired) electrons. The average Bonchev–Trinajstić information content (AvgIpc) is 2.94. The van der Waals surface area contributed by atoms with Crippen LogP contribution in [0, 0.1) is 0 Å². The predicted octanol–water partition coefficient (Wildman–Crippen LogP) is 1.88. The number of halogens is 3. The predicted molar refractivity (Wildman–Crippen MR) is 75.2 cm³/mol. The number of hydrogen-bond donors (Lipinski definition) is 2. The third kappa shape index (κ3) is 4.45. The van der Waals surface area contributed by atoms with E-state index in [1.807, 2.05) is 34.1 Å². The zero-order valence-corrected chi connectivity index (χ0v) is 11.9. The number of imidazole rings is 1. The van der Waals surface area contributed by atoms with Crippen LogP contribution >= 0.6 is 0 Å². The van der Waals surface area contributed by atoms with E-state index in [2.05, 4.69) is 10.3 Å². The van der Waals surface area contributed by atoms with Crippen LogP contribution in [0.5, 0.6) is 0 Å². The molecule has 22 heavy (non-hydrogen) atoms. The number of fused-ring (bicyclic) bond motifs is 1. The number of unbranched alkanes of at least 4 members (excludes halogenated alkanes) is 1. The topological polar surface area (TPSA) is 58.4 Å². The van der Waals surface area contributed by atoms with Crippen LogP contribution in [0.1, 0.15) is 18.5 Å². The minimum atomic E-state index is -4.80. The zero-order valence-electron chi connectivity index (χ0n) is 11.9. The fourth-order valence-corrected chi connectivity index (χ4v) is 2.04. The first kappa shape index (κ1) is 16.3. The molecule has 0 bridgehead atoms. The maximum absolute atomic E-state index is 11.9. The molecule has 2 aromatic rings. The highest BCUT2D eigenvalue weighted by atomic mass is 19.4. The number of amides is 1. The Labute approximate surface area is 125 Å². The summed E-state index contributed by atoms with van der Waals surface area (Å²) >= 11 is 0. The molecule has 2 aromatic heterocycles. The molecule has 0 aliphatic heterocycles. The molecule has 0 fully saturated rings. The average molecular weight is 314 g/mol. The third-order valence-electron chi connectivity index (χ3n) is 3.14. The second-order valence-electron chi connectivity index (χ2n) is 4.81. The number of carbonyl (C=O) groups excluding carboxylic acids is 1. The molecule has 0 atom stereocenters. The highest BCUT2D eigenvalue weighted by molar-refractivity contribution is 5.81. The van der Waals surface area contributed by atoms with Crippen LogP contribution in [0.25, 0.3) is 5.65 Å². The molecule has 8 heteroatoms. The van der Waals surface area contributed by atoms with Crippen molar-refractivity contribution >= 4 is 11.6 Å². The normalized spacial score (nSPS) is 11.8. The lowest BCUT2D eigenvalue weighted by atomic mass is 10.3. The molecule has 0 saturated heterocycles. The number of nitrogens with one attached hydrogen (secondary N) is 2. The van der Waals surface area contributed by atoms with E-state index >= 15 is 0 Å². The molecule has 0 aromatic carbocycles. The number of carbonyl (C=O) groups is 1. The van der Waals surface area contributed by atoms with E-state index in [0.29, 0.717) is 25.9 Å².